The zero-order chi connectivity index (χ0) is 14.4. The van der Waals surface area contributed by atoms with Gasteiger partial charge in [-0.1, -0.05) is 13.3 Å². The molecule has 1 aliphatic rings. The molecule has 0 spiro atoms. The minimum absolute atomic E-state index is 0.000703. The van der Waals surface area contributed by atoms with Crippen LogP contribution in [0.15, 0.2) is 22.8 Å². The molecule has 5 heteroatoms. The van der Waals surface area contributed by atoms with E-state index in [1.807, 2.05) is 4.90 Å². The number of furan rings is 1. The van der Waals surface area contributed by atoms with Crippen molar-refractivity contribution in [2.75, 3.05) is 32.7 Å². The molecule has 5 nitrogen and oxygen atoms in total. The zero-order valence-corrected chi connectivity index (χ0v) is 12.0. The minimum atomic E-state index is 0.000703. The van der Waals surface area contributed by atoms with Gasteiger partial charge in [0.15, 0.2) is 5.76 Å². The first-order valence-corrected chi connectivity index (χ1v) is 7.27. The molecule has 1 fully saturated rings. The van der Waals surface area contributed by atoms with Gasteiger partial charge in [-0.05, 0) is 18.6 Å². The van der Waals surface area contributed by atoms with Crippen molar-refractivity contribution in [2.45, 2.75) is 26.2 Å². The van der Waals surface area contributed by atoms with Gasteiger partial charge in [-0.2, -0.15) is 0 Å². The van der Waals surface area contributed by atoms with E-state index in [0.717, 1.165) is 25.9 Å². The number of carbonyl (C=O) groups is 2. The number of ketones is 1. The van der Waals surface area contributed by atoms with E-state index in [9.17, 15) is 9.59 Å². The lowest BCUT2D eigenvalue weighted by atomic mass is 10.2. The van der Waals surface area contributed by atoms with Gasteiger partial charge in [0, 0.05) is 32.6 Å². The van der Waals surface area contributed by atoms with Crippen LogP contribution in [-0.2, 0) is 4.79 Å². The van der Waals surface area contributed by atoms with Crippen molar-refractivity contribution in [2.24, 2.45) is 0 Å². The Morgan fingerprint density at radius 1 is 1.25 bits per heavy atom. The Labute approximate surface area is 119 Å². The lowest BCUT2D eigenvalue weighted by Gasteiger charge is -2.34. The van der Waals surface area contributed by atoms with Gasteiger partial charge in [0.1, 0.15) is 0 Å². The Morgan fingerprint density at radius 2 is 2.00 bits per heavy atom. The SMILES string of the molecule is CCCCC(=O)N1CCN(CC(=O)c2ccco2)CC1. The first-order chi connectivity index (χ1) is 9.70. The number of carbonyl (C=O) groups excluding carboxylic acids is 2. The Balaban J connectivity index is 1.74. The standard InChI is InChI=1S/C15H22N2O3/c1-2-3-6-15(19)17-9-7-16(8-10-17)12-13(18)14-5-4-11-20-14/h4-5,11H,2-3,6-10,12H2,1H3. The molecule has 0 aromatic carbocycles. The number of amides is 1. The lowest BCUT2D eigenvalue weighted by Crippen LogP contribution is -2.49. The van der Waals surface area contributed by atoms with Crippen LogP contribution in [0.5, 0.6) is 0 Å². The van der Waals surface area contributed by atoms with Crippen molar-refractivity contribution in [3.8, 4) is 0 Å². The van der Waals surface area contributed by atoms with Crippen LogP contribution < -0.4 is 0 Å². The van der Waals surface area contributed by atoms with Crippen LogP contribution in [-0.4, -0.2) is 54.2 Å². The molecular weight excluding hydrogens is 256 g/mol. The fraction of sp³-hybridized carbons (Fsp3) is 0.600. The van der Waals surface area contributed by atoms with Crippen molar-refractivity contribution in [3.05, 3.63) is 24.2 Å². The lowest BCUT2D eigenvalue weighted by molar-refractivity contribution is -0.132. The van der Waals surface area contributed by atoms with Crippen molar-refractivity contribution >= 4 is 11.7 Å². The average molecular weight is 278 g/mol. The smallest absolute Gasteiger partial charge is 0.222 e. The van der Waals surface area contributed by atoms with E-state index in [1.54, 1.807) is 12.1 Å². The zero-order valence-electron chi connectivity index (χ0n) is 12.0. The van der Waals surface area contributed by atoms with Crippen molar-refractivity contribution in [1.29, 1.82) is 0 Å². The summed E-state index contributed by atoms with van der Waals surface area (Å²) in [7, 11) is 0. The fourth-order valence-corrected chi connectivity index (χ4v) is 2.36. The number of hydrogen-bond donors (Lipinski definition) is 0. The van der Waals surface area contributed by atoms with E-state index in [0.29, 0.717) is 31.8 Å². The molecule has 1 aliphatic heterocycles. The first-order valence-electron chi connectivity index (χ1n) is 7.27. The topological polar surface area (TPSA) is 53.8 Å². The summed E-state index contributed by atoms with van der Waals surface area (Å²) in [5.41, 5.74) is 0. The molecular formula is C15H22N2O3. The van der Waals surface area contributed by atoms with E-state index in [2.05, 4.69) is 11.8 Å². The number of Topliss-reactive ketones (excluding diaryl/α,β-unsaturated/α-hetero) is 1. The predicted octanol–water partition coefficient (Wildman–Crippen LogP) is 1.80. The maximum atomic E-state index is 11.9. The number of nitrogens with zero attached hydrogens (tertiary/aromatic N) is 2. The Hall–Kier alpha value is -1.62. The van der Waals surface area contributed by atoms with Gasteiger partial charge in [-0.25, -0.2) is 0 Å². The number of hydrogen-bond acceptors (Lipinski definition) is 4. The largest absolute Gasteiger partial charge is 0.461 e. The number of rotatable bonds is 6. The molecule has 2 heterocycles. The van der Waals surface area contributed by atoms with E-state index in [4.69, 9.17) is 4.42 Å². The quantitative estimate of drug-likeness (QED) is 0.745. The third-order valence-electron chi connectivity index (χ3n) is 3.63. The Bertz CT molecular complexity index is 434. The van der Waals surface area contributed by atoms with Crippen molar-refractivity contribution < 1.29 is 14.0 Å². The molecule has 1 saturated heterocycles. The minimum Gasteiger partial charge on any atom is -0.461 e. The summed E-state index contributed by atoms with van der Waals surface area (Å²) in [5, 5.41) is 0. The summed E-state index contributed by atoms with van der Waals surface area (Å²) in [6.07, 6.45) is 4.15. The van der Waals surface area contributed by atoms with E-state index in [1.165, 1.54) is 6.26 Å². The molecule has 0 N–H and O–H groups in total. The maximum Gasteiger partial charge on any atom is 0.222 e. The summed E-state index contributed by atoms with van der Waals surface area (Å²) in [5.74, 6) is 0.649. The van der Waals surface area contributed by atoms with Gasteiger partial charge in [0.05, 0.1) is 12.8 Å². The van der Waals surface area contributed by atoms with Gasteiger partial charge >= 0.3 is 0 Å². The number of piperazine rings is 1. The van der Waals surface area contributed by atoms with Gasteiger partial charge in [0.25, 0.3) is 0 Å². The molecule has 0 bridgehead atoms. The van der Waals surface area contributed by atoms with Gasteiger partial charge < -0.3 is 9.32 Å². The molecule has 2 rings (SSSR count). The normalized spacial score (nSPS) is 16.4. The van der Waals surface area contributed by atoms with Crippen LogP contribution in [0.1, 0.15) is 36.7 Å². The van der Waals surface area contributed by atoms with Crippen LogP contribution in [0.3, 0.4) is 0 Å². The second kappa shape index (κ2) is 7.24. The highest BCUT2D eigenvalue weighted by Gasteiger charge is 2.22. The van der Waals surface area contributed by atoms with Crippen LogP contribution >= 0.6 is 0 Å². The van der Waals surface area contributed by atoms with E-state index in [-0.39, 0.29) is 11.7 Å². The van der Waals surface area contributed by atoms with Crippen LogP contribution in [0.4, 0.5) is 0 Å². The Kier molecular flexibility index (Phi) is 5.35. The van der Waals surface area contributed by atoms with Gasteiger partial charge in [0.2, 0.25) is 11.7 Å². The summed E-state index contributed by atoms with van der Waals surface area (Å²) in [6.45, 7) is 5.40. The molecule has 1 aromatic rings. The van der Waals surface area contributed by atoms with Crippen molar-refractivity contribution in [1.82, 2.24) is 9.80 Å². The summed E-state index contributed by atoms with van der Waals surface area (Å²) in [6, 6.07) is 3.41. The molecule has 1 aromatic heterocycles. The second-order valence-corrected chi connectivity index (χ2v) is 5.16. The summed E-state index contributed by atoms with van der Waals surface area (Å²) in [4.78, 5) is 27.8. The van der Waals surface area contributed by atoms with E-state index < -0.39 is 0 Å². The summed E-state index contributed by atoms with van der Waals surface area (Å²) >= 11 is 0. The monoisotopic (exact) mass is 278 g/mol. The third-order valence-corrected chi connectivity index (χ3v) is 3.63. The van der Waals surface area contributed by atoms with Crippen LogP contribution in [0, 0.1) is 0 Å². The summed E-state index contributed by atoms with van der Waals surface area (Å²) < 4.78 is 5.10. The molecule has 0 atom stereocenters. The molecule has 110 valence electrons. The highest BCUT2D eigenvalue weighted by molar-refractivity contribution is 5.95. The van der Waals surface area contributed by atoms with Crippen molar-refractivity contribution in [3.63, 3.8) is 0 Å². The van der Waals surface area contributed by atoms with Crippen LogP contribution in [0.2, 0.25) is 0 Å². The highest BCUT2D eigenvalue weighted by atomic mass is 16.3. The maximum absolute atomic E-state index is 11.9. The number of unbranched alkanes of at least 4 members (excludes halogenated alkanes) is 1. The highest BCUT2D eigenvalue weighted by Crippen LogP contribution is 2.08. The van der Waals surface area contributed by atoms with Crippen LogP contribution in [0.25, 0.3) is 0 Å². The average Bonchev–Trinajstić information content (AvgIpc) is 3.00. The van der Waals surface area contributed by atoms with Gasteiger partial charge in [-0.15, -0.1) is 0 Å². The molecule has 1 amide bonds. The molecule has 0 saturated carbocycles. The predicted molar refractivity (Wildman–Crippen MR) is 75.6 cm³/mol. The molecule has 0 radical (unpaired) electrons. The van der Waals surface area contributed by atoms with Gasteiger partial charge in [-0.3, -0.25) is 14.5 Å². The molecule has 0 unspecified atom stereocenters. The molecule has 20 heavy (non-hydrogen) atoms. The third kappa shape index (κ3) is 3.93. The Morgan fingerprint density at radius 3 is 2.60 bits per heavy atom. The van der Waals surface area contributed by atoms with E-state index >= 15 is 0 Å². The first kappa shape index (κ1) is 14.8. The molecule has 0 aliphatic carbocycles. The second-order valence-electron chi connectivity index (χ2n) is 5.16. The fourth-order valence-electron chi connectivity index (χ4n) is 2.36.